The van der Waals surface area contributed by atoms with Crippen molar-refractivity contribution in [2.45, 2.75) is 38.9 Å². The van der Waals surface area contributed by atoms with Gasteiger partial charge in [-0.15, -0.1) is 0 Å². The summed E-state index contributed by atoms with van der Waals surface area (Å²) in [6.45, 7) is 5.70. The Morgan fingerprint density at radius 2 is 2.21 bits per heavy atom. The molecule has 104 valence electrons. The summed E-state index contributed by atoms with van der Waals surface area (Å²) in [6, 6.07) is 0. The number of hydrogen-bond acceptors (Lipinski definition) is 3. The van der Waals surface area contributed by atoms with Gasteiger partial charge >= 0.3 is 0 Å². The van der Waals surface area contributed by atoms with Crippen molar-refractivity contribution in [3.05, 3.63) is 35.6 Å². The van der Waals surface area contributed by atoms with Crippen molar-refractivity contribution < 1.29 is 14.6 Å². The molecule has 0 aromatic carbocycles. The van der Waals surface area contributed by atoms with Gasteiger partial charge in [-0.3, -0.25) is 4.79 Å². The van der Waals surface area contributed by atoms with Crippen molar-refractivity contribution >= 4 is 5.91 Å². The zero-order chi connectivity index (χ0) is 14.0. The van der Waals surface area contributed by atoms with E-state index in [-0.39, 0.29) is 0 Å². The molecule has 2 aliphatic rings. The molecule has 1 aliphatic heterocycles. The Hall–Kier alpha value is -1.55. The average Bonchev–Trinajstić information content (AvgIpc) is 2.71. The Kier molecular flexibility index (Phi) is 4.10. The monoisotopic (exact) mass is 263 g/mol. The van der Waals surface area contributed by atoms with Gasteiger partial charge in [0.15, 0.2) is 0 Å². The number of carbonyl (C=O) groups excluding carboxylic acids is 1. The van der Waals surface area contributed by atoms with Crippen molar-refractivity contribution in [3.63, 3.8) is 0 Å². The van der Waals surface area contributed by atoms with Crippen molar-refractivity contribution in [1.29, 1.82) is 0 Å². The summed E-state index contributed by atoms with van der Waals surface area (Å²) in [5.74, 6) is 0.0822. The first-order valence-corrected chi connectivity index (χ1v) is 6.71. The summed E-state index contributed by atoms with van der Waals surface area (Å²) in [4.78, 5) is 11.0. The van der Waals surface area contributed by atoms with Gasteiger partial charge in [-0.1, -0.05) is 12.2 Å². The topological polar surface area (TPSA) is 72.6 Å². The Balaban J connectivity index is 2.08. The Bertz CT molecular complexity index is 440. The fraction of sp³-hybridized carbons (Fsp3) is 0.533. The Morgan fingerprint density at radius 1 is 1.58 bits per heavy atom. The van der Waals surface area contributed by atoms with Crippen molar-refractivity contribution in [2.75, 3.05) is 0 Å². The average molecular weight is 263 g/mol. The van der Waals surface area contributed by atoms with Crippen LogP contribution in [0.15, 0.2) is 35.6 Å². The van der Waals surface area contributed by atoms with E-state index in [0.717, 1.165) is 31.3 Å². The SMILES string of the molecule is C=C1CCC(C2=C/C(=C/[C@H](C)C(N)=O)OC2O)CC1. The minimum atomic E-state index is -0.886. The van der Waals surface area contributed by atoms with Gasteiger partial charge < -0.3 is 15.6 Å². The molecule has 0 bridgehead atoms. The fourth-order valence-corrected chi connectivity index (χ4v) is 2.56. The Labute approximate surface area is 113 Å². The van der Waals surface area contributed by atoms with Gasteiger partial charge in [-0.2, -0.15) is 0 Å². The van der Waals surface area contributed by atoms with E-state index >= 15 is 0 Å². The van der Waals surface area contributed by atoms with Crippen LogP contribution in [0.4, 0.5) is 0 Å². The van der Waals surface area contributed by atoms with Crippen LogP contribution < -0.4 is 5.73 Å². The first kappa shape index (κ1) is 13.9. The van der Waals surface area contributed by atoms with Gasteiger partial charge in [-0.05, 0) is 50.7 Å². The molecule has 1 amide bonds. The maximum Gasteiger partial charge on any atom is 0.224 e. The third-order valence-corrected chi connectivity index (χ3v) is 3.87. The number of aliphatic hydroxyl groups is 1. The van der Waals surface area contributed by atoms with Crippen LogP contribution in [-0.4, -0.2) is 17.3 Å². The minimum Gasteiger partial charge on any atom is -0.461 e. The zero-order valence-electron chi connectivity index (χ0n) is 11.3. The van der Waals surface area contributed by atoms with E-state index in [1.807, 2.05) is 6.08 Å². The molecule has 0 radical (unpaired) electrons. The summed E-state index contributed by atoms with van der Waals surface area (Å²) in [5.41, 5.74) is 7.40. The second kappa shape index (κ2) is 5.61. The highest BCUT2D eigenvalue weighted by atomic mass is 16.6. The van der Waals surface area contributed by atoms with Crippen molar-refractivity contribution in [3.8, 4) is 0 Å². The molecular formula is C15H21NO3. The molecule has 3 N–H and O–H groups in total. The molecule has 0 aromatic rings. The number of amides is 1. The molecule has 1 heterocycles. The van der Waals surface area contributed by atoms with E-state index < -0.39 is 18.1 Å². The maximum absolute atomic E-state index is 11.0. The van der Waals surface area contributed by atoms with Crippen LogP contribution in [0.2, 0.25) is 0 Å². The molecule has 1 aliphatic carbocycles. The normalized spacial score (nSPS) is 28.1. The quantitative estimate of drug-likeness (QED) is 0.765. The lowest BCUT2D eigenvalue weighted by Gasteiger charge is -2.25. The third kappa shape index (κ3) is 3.26. The van der Waals surface area contributed by atoms with E-state index in [1.54, 1.807) is 13.0 Å². The summed E-state index contributed by atoms with van der Waals surface area (Å²) in [6.07, 6.45) is 6.64. The molecule has 2 atom stereocenters. The lowest BCUT2D eigenvalue weighted by molar-refractivity contribution is -0.120. The van der Waals surface area contributed by atoms with Gasteiger partial charge in [0, 0.05) is 5.57 Å². The van der Waals surface area contributed by atoms with Crippen LogP contribution in [0.5, 0.6) is 0 Å². The van der Waals surface area contributed by atoms with Crippen LogP contribution >= 0.6 is 0 Å². The van der Waals surface area contributed by atoms with Gasteiger partial charge in [-0.25, -0.2) is 0 Å². The number of rotatable bonds is 3. The number of primary amides is 1. The predicted octanol–water partition coefficient (Wildman–Crippen LogP) is 2.01. The molecular weight excluding hydrogens is 242 g/mol. The van der Waals surface area contributed by atoms with Crippen LogP contribution in [0, 0.1) is 11.8 Å². The van der Waals surface area contributed by atoms with E-state index in [9.17, 15) is 9.90 Å². The van der Waals surface area contributed by atoms with Crippen molar-refractivity contribution in [1.82, 2.24) is 0 Å². The number of hydrogen-bond donors (Lipinski definition) is 2. The van der Waals surface area contributed by atoms with E-state index in [0.29, 0.717) is 11.7 Å². The highest BCUT2D eigenvalue weighted by Crippen LogP contribution is 2.37. The predicted molar refractivity (Wildman–Crippen MR) is 72.7 cm³/mol. The molecule has 0 saturated heterocycles. The zero-order valence-corrected chi connectivity index (χ0v) is 11.3. The second-order valence-corrected chi connectivity index (χ2v) is 5.40. The largest absolute Gasteiger partial charge is 0.461 e. The molecule has 2 rings (SSSR count). The van der Waals surface area contributed by atoms with E-state index in [2.05, 4.69) is 6.58 Å². The van der Waals surface area contributed by atoms with Gasteiger partial charge in [0.05, 0.1) is 5.92 Å². The van der Waals surface area contributed by atoms with Crippen molar-refractivity contribution in [2.24, 2.45) is 17.6 Å². The minimum absolute atomic E-state index is 0.343. The number of ether oxygens (including phenoxy) is 1. The first-order valence-electron chi connectivity index (χ1n) is 6.71. The molecule has 1 unspecified atom stereocenters. The van der Waals surface area contributed by atoms with E-state index in [4.69, 9.17) is 10.5 Å². The lowest BCUT2D eigenvalue weighted by Crippen LogP contribution is -2.19. The first-order chi connectivity index (χ1) is 8.97. The fourth-order valence-electron chi connectivity index (χ4n) is 2.56. The Morgan fingerprint density at radius 3 is 2.79 bits per heavy atom. The smallest absolute Gasteiger partial charge is 0.224 e. The van der Waals surface area contributed by atoms with Crippen LogP contribution in [-0.2, 0) is 9.53 Å². The second-order valence-electron chi connectivity index (χ2n) is 5.40. The molecule has 19 heavy (non-hydrogen) atoms. The van der Waals surface area contributed by atoms with E-state index in [1.165, 1.54) is 5.57 Å². The van der Waals surface area contributed by atoms with Crippen LogP contribution in [0.3, 0.4) is 0 Å². The van der Waals surface area contributed by atoms with Gasteiger partial charge in [0.1, 0.15) is 5.76 Å². The summed E-state index contributed by atoms with van der Waals surface area (Å²) in [5, 5.41) is 9.96. The lowest BCUT2D eigenvalue weighted by atomic mass is 9.81. The highest BCUT2D eigenvalue weighted by Gasteiger charge is 2.30. The van der Waals surface area contributed by atoms with Gasteiger partial charge in [0.2, 0.25) is 12.2 Å². The van der Waals surface area contributed by atoms with Gasteiger partial charge in [0.25, 0.3) is 0 Å². The molecule has 0 aromatic heterocycles. The molecule has 4 heteroatoms. The number of allylic oxidation sites excluding steroid dienone is 2. The number of nitrogens with two attached hydrogens (primary N) is 1. The molecule has 0 spiro atoms. The number of carbonyl (C=O) groups is 1. The molecule has 1 fully saturated rings. The standard InChI is InChI=1S/C15H21NO3/c1-9-3-5-11(6-4-9)13-8-12(19-15(13)18)7-10(2)14(16)17/h7-8,10-11,15,18H,1,3-6H2,2H3,(H2,16,17)/b12-7-/t10-,15?/m0/s1. The summed E-state index contributed by atoms with van der Waals surface area (Å²) < 4.78 is 5.37. The highest BCUT2D eigenvalue weighted by molar-refractivity contribution is 5.78. The molecule has 1 saturated carbocycles. The van der Waals surface area contributed by atoms with Crippen LogP contribution in [0.25, 0.3) is 0 Å². The third-order valence-electron chi connectivity index (χ3n) is 3.87. The summed E-state index contributed by atoms with van der Waals surface area (Å²) >= 11 is 0. The molecule has 4 nitrogen and oxygen atoms in total. The van der Waals surface area contributed by atoms with Crippen LogP contribution in [0.1, 0.15) is 32.6 Å². The maximum atomic E-state index is 11.0. The summed E-state index contributed by atoms with van der Waals surface area (Å²) in [7, 11) is 0. The number of aliphatic hydroxyl groups excluding tert-OH is 1.